The molecule has 1 aromatic carbocycles. The van der Waals surface area contributed by atoms with E-state index in [0.717, 1.165) is 5.56 Å². The van der Waals surface area contributed by atoms with Crippen LogP contribution in [0.2, 0.25) is 0 Å². The first-order valence-corrected chi connectivity index (χ1v) is 10.4. The highest BCUT2D eigenvalue weighted by Gasteiger charge is 2.31. The van der Waals surface area contributed by atoms with E-state index in [9.17, 15) is 24.3 Å². The van der Waals surface area contributed by atoms with Gasteiger partial charge in [-0.25, -0.2) is 4.79 Å². The van der Waals surface area contributed by atoms with Crippen LogP contribution in [-0.2, 0) is 25.6 Å². The number of thiol groups is 1. The number of amides is 3. The van der Waals surface area contributed by atoms with E-state index in [1.165, 1.54) is 0 Å². The fraction of sp³-hybridized carbons (Fsp3) is 0.500. The molecule has 0 aliphatic rings. The van der Waals surface area contributed by atoms with E-state index in [0.29, 0.717) is 0 Å². The fourth-order valence-corrected chi connectivity index (χ4v) is 2.91. The van der Waals surface area contributed by atoms with Gasteiger partial charge in [-0.05, 0) is 11.5 Å². The average Bonchev–Trinajstić information content (AvgIpc) is 2.74. The Balaban J connectivity index is 2.83. The van der Waals surface area contributed by atoms with Gasteiger partial charge in [0.1, 0.15) is 24.2 Å². The van der Waals surface area contributed by atoms with Crippen molar-refractivity contribution in [3.05, 3.63) is 35.9 Å². The molecule has 0 bridgehead atoms. The molecule has 0 spiro atoms. The van der Waals surface area contributed by atoms with Crippen LogP contribution in [0.5, 0.6) is 0 Å². The van der Waals surface area contributed by atoms with Gasteiger partial charge in [0.15, 0.2) is 0 Å². The van der Waals surface area contributed by atoms with Crippen molar-refractivity contribution < 1.29 is 29.4 Å². The van der Waals surface area contributed by atoms with Crippen LogP contribution in [0.15, 0.2) is 30.3 Å². The van der Waals surface area contributed by atoms with E-state index >= 15 is 0 Å². The molecule has 7 N–H and O–H groups in total. The first kappa shape index (κ1) is 26.4. The minimum atomic E-state index is -1.22. The summed E-state index contributed by atoms with van der Waals surface area (Å²) in [5.74, 6) is -3.73. The third kappa shape index (κ3) is 8.56. The second-order valence-corrected chi connectivity index (χ2v) is 7.72. The predicted molar refractivity (Wildman–Crippen MR) is 117 cm³/mol. The number of carbonyl (C=O) groups excluding carboxylic acids is 3. The van der Waals surface area contributed by atoms with Gasteiger partial charge in [0.2, 0.25) is 17.7 Å². The first-order valence-electron chi connectivity index (χ1n) is 9.75. The zero-order chi connectivity index (χ0) is 23.6. The molecular formula is C20H30N4O6S. The highest BCUT2D eigenvalue weighted by molar-refractivity contribution is 7.80. The van der Waals surface area contributed by atoms with E-state index < -0.39 is 54.5 Å². The highest BCUT2D eigenvalue weighted by atomic mass is 32.1. The summed E-state index contributed by atoms with van der Waals surface area (Å²) >= 11 is 4.08. The van der Waals surface area contributed by atoms with E-state index in [4.69, 9.17) is 10.8 Å². The maximum Gasteiger partial charge on any atom is 0.326 e. The molecule has 0 aliphatic heterocycles. The summed E-state index contributed by atoms with van der Waals surface area (Å²) in [6.45, 7) is 2.79. The van der Waals surface area contributed by atoms with Crippen molar-refractivity contribution in [3.8, 4) is 0 Å². The summed E-state index contributed by atoms with van der Waals surface area (Å²) in [5.41, 5.74) is 6.19. The number of rotatable bonds is 12. The van der Waals surface area contributed by atoms with Gasteiger partial charge in [0.05, 0.1) is 6.61 Å². The number of aliphatic hydroxyl groups is 1. The lowest BCUT2D eigenvalue weighted by Crippen LogP contribution is -2.59. The monoisotopic (exact) mass is 454 g/mol. The summed E-state index contributed by atoms with van der Waals surface area (Å²) in [7, 11) is 0. The molecule has 0 saturated heterocycles. The number of carboxylic acid groups (broad SMARTS) is 1. The third-order valence-corrected chi connectivity index (χ3v) is 4.86. The number of nitrogens with one attached hydrogen (secondary N) is 3. The SMILES string of the molecule is CC(C)C(NC(=O)C(N)CO)C(=O)NC(CS)C(=O)NC(Cc1ccccc1)C(=O)O. The molecule has 3 amide bonds. The number of nitrogens with two attached hydrogens (primary N) is 1. The van der Waals surface area contributed by atoms with Gasteiger partial charge in [-0.1, -0.05) is 44.2 Å². The fourth-order valence-electron chi connectivity index (χ4n) is 2.66. The summed E-state index contributed by atoms with van der Waals surface area (Å²) in [4.78, 5) is 48.8. The van der Waals surface area contributed by atoms with Gasteiger partial charge < -0.3 is 31.9 Å². The van der Waals surface area contributed by atoms with Gasteiger partial charge in [0, 0.05) is 12.2 Å². The van der Waals surface area contributed by atoms with Crippen LogP contribution in [0.25, 0.3) is 0 Å². The number of hydrogen-bond donors (Lipinski definition) is 7. The quantitative estimate of drug-likeness (QED) is 0.192. The van der Waals surface area contributed by atoms with Crippen LogP contribution in [0.3, 0.4) is 0 Å². The molecule has 0 fully saturated rings. The molecule has 11 heteroatoms. The Bertz CT molecular complexity index is 761. The molecule has 0 saturated carbocycles. The Labute approximate surface area is 186 Å². The maximum atomic E-state index is 12.7. The molecule has 4 atom stereocenters. The van der Waals surface area contributed by atoms with Gasteiger partial charge in [-0.2, -0.15) is 12.6 Å². The van der Waals surface area contributed by atoms with Gasteiger partial charge in [0.25, 0.3) is 0 Å². The van der Waals surface area contributed by atoms with Crippen molar-refractivity contribution in [1.29, 1.82) is 0 Å². The topological polar surface area (TPSA) is 171 Å². The molecule has 10 nitrogen and oxygen atoms in total. The smallest absolute Gasteiger partial charge is 0.326 e. The van der Waals surface area contributed by atoms with E-state index in [1.54, 1.807) is 44.2 Å². The normalized spacial score (nSPS) is 14.8. The molecule has 0 radical (unpaired) electrons. The van der Waals surface area contributed by atoms with Crippen LogP contribution >= 0.6 is 12.6 Å². The van der Waals surface area contributed by atoms with Gasteiger partial charge in [-0.15, -0.1) is 0 Å². The Morgan fingerprint density at radius 2 is 1.55 bits per heavy atom. The lowest BCUT2D eigenvalue weighted by Gasteiger charge is -2.26. The number of aliphatic carboxylic acids is 1. The number of benzene rings is 1. The Morgan fingerprint density at radius 1 is 0.968 bits per heavy atom. The minimum Gasteiger partial charge on any atom is -0.480 e. The van der Waals surface area contributed by atoms with E-state index in [2.05, 4.69) is 28.6 Å². The van der Waals surface area contributed by atoms with Crippen molar-refractivity contribution in [3.63, 3.8) is 0 Å². The molecule has 1 aromatic rings. The van der Waals surface area contributed by atoms with Crippen molar-refractivity contribution in [1.82, 2.24) is 16.0 Å². The van der Waals surface area contributed by atoms with Crippen molar-refractivity contribution >= 4 is 36.3 Å². The van der Waals surface area contributed by atoms with E-state index in [-0.39, 0.29) is 18.1 Å². The van der Waals surface area contributed by atoms with E-state index in [1.807, 2.05) is 0 Å². The summed E-state index contributed by atoms with van der Waals surface area (Å²) in [6.07, 6.45) is 0.0683. The number of carbonyl (C=O) groups is 4. The lowest BCUT2D eigenvalue weighted by molar-refractivity contribution is -0.142. The third-order valence-electron chi connectivity index (χ3n) is 4.49. The highest BCUT2D eigenvalue weighted by Crippen LogP contribution is 2.06. The van der Waals surface area contributed by atoms with Gasteiger partial charge in [-0.3, -0.25) is 14.4 Å². The molecular weight excluding hydrogens is 424 g/mol. The predicted octanol–water partition coefficient (Wildman–Crippen LogP) is -1.33. The molecule has 4 unspecified atom stereocenters. The van der Waals surface area contributed by atoms with Crippen molar-refractivity contribution in [2.75, 3.05) is 12.4 Å². The number of aliphatic hydroxyl groups excluding tert-OH is 1. The summed E-state index contributed by atoms with van der Waals surface area (Å²) < 4.78 is 0. The second kappa shape index (κ2) is 12.9. The van der Waals surface area contributed by atoms with Crippen molar-refractivity contribution in [2.24, 2.45) is 11.7 Å². The average molecular weight is 455 g/mol. The van der Waals surface area contributed by atoms with Gasteiger partial charge >= 0.3 is 5.97 Å². The van der Waals surface area contributed by atoms with Crippen LogP contribution in [0.4, 0.5) is 0 Å². The second-order valence-electron chi connectivity index (χ2n) is 7.35. The van der Waals surface area contributed by atoms with Crippen LogP contribution in [0.1, 0.15) is 19.4 Å². The summed E-state index contributed by atoms with van der Waals surface area (Å²) in [6, 6.07) is 4.27. The number of carboxylic acids is 1. The van der Waals surface area contributed by atoms with Crippen LogP contribution in [0, 0.1) is 5.92 Å². The first-order chi connectivity index (χ1) is 14.6. The number of hydrogen-bond acceptors (Lipinski definition) is 7. The van der Waals surface area contributed by atoms with Crippen molar-refractivity contribution in [2.45, 2.75) is 44.4 Å². The molecule has 0 aromatic heterocycles. The van der Waals surface area contributed by atoms with Crippen LogP contribution < -0.4 is 21.7 Å². The molecule has 172 valence electrons. The Hall–Kier alpha value is -2.63. The summed E-state index contributed by atoms with van der Waals surface area (Å²) in [5, 5.41) is 25.8. The standard InChI is InChI=1S/C20H30N4O6S/c1-11(2)16(24-17(26)13(21)9-25)19(28)23-15(10-31)18(27)22-14(20(29)30)8-12-6-4-3-5-7-12/h3-7,11,13-16,25,31H,8-10,21H2,1-2H3,(H,22,27)(H,23,28)(H,24,26)(H,29,30). The maximum absolute atomic E-state index is 12.7. The molecule has 31 heavy (non-hydrogen) atoms. The lowest BCUT2D eigenvalue weighted by atomic mass is 10.0. The zero-order valence-corrected chi connectivity index (χ0v) is 18.3. The minimum absolute atomic E-state index is 0.0683. The largest absolute Gasteiger partial charge is 0.480 e. The van der Waals surface area contributed by atoms with Crippen LogP contribution in [-0.4, -0.2) is 70.4 Å². The Kier molecular flexibility index (Phi) is 11.0. The Morgan fingerprint density at radius 3 is 2.03 bits per heavy atom. The molecule has 0 aliphatic carbocycles. The molecule has 0 heterocycles. The molecule has 1 rings (SSSR count). The zero-order valence-electron chi connectivity index (χ0n) is 17.4.